The molecule has 0 fully saturated rings. The first kappa shape index (κ1) is 14.0. The average Bonchev–Trinajstić information content (AvgIpc) is 2.31. The number of benzene rings is 1. The summed E-state index contributed by atoms with van der Waals surface area (Å²) in [4.78, 5) is 2.04. The van der Waals surface area contributed by atoms with Gasteiger partial charge in [0.2, 0.25) is 0 Å². The average molecular weight is 238 g/mol. The summed E-state index contributed by atoms with van der Waals surface area (Å²) in [6.07, 6.45) is 0.889. The summed E-state index contributed by atoms with van der Waals surface area (Å²) in [6.45, 7) is 7.87. The van der Waals surface area contributed by atoms with Gasteiger partial charge in [-0.05, 0) is 31.4 Å². The largest absolute Gasteiger partial charge is 0.369 e. The lowest BCUT2D eigenvalue weighted by Crippen LogP contribution is -2.33. The Morgan fingerprint density at radius 2 is 1.94 bits per heavy atom. The summed E-state index contributed by atoms with van der Waals surface area (Å²) in [5.74, 6) is 0.307. The fourth-order valence-electron chi connectivity index (χ4n) is 1.80. The molecule has 0 saturated heterocycles. The fourth-order valence-corrected chi connectivity index (χ4v) is 1.80. The first-order valence-electron chi connectivity index (χ1n) is 6.31. The number of nitrogens with two attached hydrogens (primary N) is 1. The van der Waals surface area contributed by atoms with E-state index in [4.69, 9.17) is 5.73 Å². The molecular weight excluding hydrogens is 215 g/mol. The lowest BCUT2D eigenvalue weighted by Gasteiger charge is -2.26. The third-order valence-corrected chi connectivity index (χ3v) is 3.16. The van der Waals surface area contributed by atoms with E-state index in [1.165, 1.54) is 6.07 Å². The molecule has 0 amide bonds. The van der Waals surface area contributed by atoms with Gasteiger partial charge in [0, 0.05) is 19.1 Å². The van der Waals surface area contributed by atoms with E-state index in [2.05, 4.69) is 13.8 Å². The zero-order valence-electron chi connectivity index (χ0n) is 11.0. The molecular formula is C14H23FN2. The molecule has 1 unspecified atom stereocenters. The van der Waals surface area contributed by atoms with Gasteiger partial charge < -0.3 is 10.6 Å². The molecule has 1 atom stereocenters. The van der Waals surface area contributed by atoms with Crippen LogP contribution in [0.15, 0.2) is 24.3 Å². The summed E-state index contributed by atoms with van der Waals surface area (Å²) in [7, 11) is 0. The van der Waals surface area contributed by atoms with E-state index in [1.54, 1.807) is 6.07 Å². The number of hydrogen-bond donors (Lipinski definition) is 1. The van der Waals surface area contributed by atoms with Crippen molar-refractivity contribution >= 4 is 5.69 Å². The minimum absolute atomic E-state index is 0.160. The number of para-hydroxylation sites is 1. The molecule has 3 heteroatoms. The van der Waals surface area contributed by atoms with Crippen molar-refractivity contribution in [3.05, 3.63) is 30.1 Å². The Bertz CT molecular complexity index is 339. The van der Waals surface area contributed by atoms with Crippen LogP contribution >= 0.6 is 0 Å². The highest BCUT2D eigenvalue weighted by molar-refractivity contribution is 5.47. The fraction of sp³-hybridized carbons (Fsp3) is 0.571. The van der Waals surface area contributed by atoms with Crippen molar-refractivity contribution in [2.75, 3.05) is 18.0 Å². The van der Waals surface area contributed by atoms with Crippen LogP contribution in [0, 0.1) is 11.7 Å². The van der Waals surface area contributed by atoms with E-state index >= 15 is 0 Å². The van der Waals surface area contributed by atoms with Gasteiger partial charge in [0.15, 0.2) is 0 Å². The van der Waals surface area contributed by atoms with Gasteiger partial charge in [0.05, 0.1) is 5.69 Å². The maximum Gasteiger partial charge on any atom is 0.146 e. The Hall–Kier alpha value is -1.09. The third-order valence-electron chi connectivity index (χ3n) is 3.16. The first-order chi connectivity index (χ1) is 8.06. The molecule has 0 bridgehead atoms. The minimum atomic E-state index is -0.160. The van der Waals surface area contributed by atoms with E-state index in [-0.39, 0.29) is 11.9 Å². The monoisotopic (exact) mass is 238 g/mol. The van der Waals surface area contributed by atoms with Crippen molar-refractivity contribution in [2.45, 2.75) is 33.2 Å². The van der Waals surface area contributed by atoms with Crippen LogP contribution in [-0.4, -0.2) is 19.1 Å². The van der Waals surface area contributed by atoms with Crippen LogP contribution in [0.4, 0.5) is 10.1 Å². The zero-order valence-corrected chi connectivity index (χ0v) is 11.0. The molecule has 0 aliphatic rings. The van der Waals surface area contributed by atoms with Gasteiger partial charge in [-0.3, -0.25) is 0 Å². The van der Waals surface area contributed by atoms with E-state index in [9.17, 15) is 4.39 Å². The molecule has 0 aliphatic carbocycles. The molecule has 0 heterocycles. The zero-order chi connectivity index (χ0) is 12.8. The maximum atomic E-state index is 13.6. The van der Waals surface area contributed by atoms with Gasteiger partial charge in [-0.15, -0.1) is 0 Å². The summed E-state index contributed by atoms with van der Waals surface area (Å²) in [5.41, 5.74) is 6.69. The number of hydrogen-bond acceptors (Lipinski definition) is 2. The van der Waals surface area contributed by atoms with Crippen LogP contribution in [0.2, 0.25) is 0 Å². The van der Waals surface area contributed by atoms with Crippen molar-refractivity contribution in [3.8, 4) is 0 Å². The Balaban J connectivity index is 2.64. The molecule has 1 aromatic rings. The van der Waals surface area contributed by atoms with Gasteiger partial charge >= 0.3 is 0 Å². The van der Waals surface area contributed by atoms with Gasteiger partial charge in [-0.1, -0.05) is 26.0 Å². The van der Waals surface area contributed by atoms with Gasteiger partial charge in [0.1, 0.15) is 5.82 Å². The Kier molecular flexibility index (Phi) is 5.42. The number of nitrogens with zero attached hydrogens (tertiary/aromatic N) is 1. The predicted molar refractivity (Wildman–Crippen MR) is 71.7 cm³/mol. The van der Waals surface area contributed by atoms with Crippen molar-refractivity contribution in [2.24, 2.45) is 11.7 Å². The number of halogens is 1. The molecule has 96 valence electrons. The Labute approximate surface area is 104 Å². The lowest BCUT2D eigenvalue weighted by atomic mass is 10.0. The van der Waals surface area contributed by atoms with Crippen molar-refractivity contribution in [1.29, 1.82) is 0 Å². The number of anilines is 1. The molecule has 0 spiro atoms. The van der Waals surface area contributed by atoms with Crippen LogP contribution in [-0.2, 0) is 0 Å². The highest BCUT2D eigenvalue weighted by atomic mass is 19.1. The normalized spacial score (nSPS) is 12.8. The molecule has 0 radical (unpaired) electrons. The standard InChI is InChI=1S/C14H23FN2/c1-4-17(10-9-13(16)11(2)3)14-8-6-5-7-12(14)15/h5-8,11,13H,4,9-10,16H2,1-3H3. The smallest absolute Gasteiger partial charge is 0.146 e. The molecule has 1 rings (SSSR count). The van der Waals surface area contributed by atoms with Crippen LogP contribution in [0.25, 0.3) is 0 Å². The van der Waals surface area contributed by atoms with Gasteiger partial charge in [-0.25, -0.2) is 4.39 Å². The van der Waals surface area contributed by atoms with E-state index in [1.807, 2.05) is 24.0 Å². The predicted octanol–water partition coefficient (Wildman–Crippen LogP) is 3.03. The van der Waals surface area contributed by atoms with Crippen LogP contribution in [0.1, 0.15) is 27.2 Å². The highest BCUT2D eigenvalue weighted by Gasteiger charge is 2.12. The van der Waals surface area contributed by atoms with E-state index in [0.717, 1.165) is 19.5 Å². The third kappa shape index (κ3) is 4.00. The quantitative estimate of drug-likeness (QED) is 0.825. The SMILES string of the molecule is CCN(CCC(N)C(C)C)c1ccccc1F. The van der Waals surface area contributed by atoms with Crippen LogP contribution < -0.4 is 10.6 Å². The molecule has 2 nitrogen and oxygen atoms in total. The van der Waals surface area contributed by atoms with Crippen LogP contribution in [0.3, 0.4) is 0 Å². The second kappa shape index (κ2) is 6.60. The second-order valence-electron chi connectivity index (χ2n) is 4.73. The Morgan fingerprint density at radius 1 is 1.29 bits per heavy atom. The molecule has 0 saturated carbocycles. The summed E-state index contributed by atoms with van der Waals surface area (Å²) in [5, 5.41) is 0. The highest BCUT2D eigenvalue weighted by Crippen LogP contribution is 2.19. The summed E-state index contributed by atoms with van der Waals surface area (Å²) >= 11 is 0. The molecule has 17 heavy (non-hydrogen) atoms. The van der Waals surface area contributed by atoms with Crippen molar-refractivity contribution in [1.82, 2.24) is 0 Å². The van der Waals surface area contributed by atoms with Crippen LogP contribution in [0.5, 0.6) is 0 Å². The molecule has 1 aromatic carbocycles. The number of rotatable bonds is 6. The topological polar surface area (TPSA) is 29.3 Å². The Morgan fingerprint density at radius 3 is 2.47 bits per heavy atom. The lowest BCUT2D eigenvalue weighted by molar-refractivity contribution is 0.462. The van der Waals surface area contributed by atoms with Gasteiger partial charge in [-0.2, -0.15) is 0 Å². The van der Waals surface area contributed by atoms with Crippen molar-refractivity contribution < 1.29 is 4.39 Å². The summed E-state index contributed by atoms with van der Waals surface area (Å²) < 4.78 is 13.6. The second-order valence-corrected chi connectivity index (χ2v) is 4.73. The van der Waals surface area contributed by atoms with Crippen molar-refractivity contribution in [3.63, 3.8) is 0 Å². The maximum absolute atomic E-state index is 13.6. The van der Waals surface area contributed by atoms with E-state index in [0.29, 0.717) is 11.6 Å². The first-order valence-corrected chi connectivity index (χ1v) is 6.31. The molecule has 0 aromatic heterocycles. The summed E-state index contributed by atoms with van der Waals surface area (Å²) in [6, 6.07) is 7.08. The van der Waals surface area contributed by atoms with Gasteiger partial charge in [0.25, 0.3) is 0 Å². The minimum Gasteiger partial charge on any atom is -0.369 e. The molecule has 0 aliphatic heterocycles. The van der Waals surface area contributed by atoms with E-state index < -0.39 is 0 Å². The molecule has 2 N–H and O–H groups in total.